The van der Waals surface area contributed by atoms with E-state index in [1.165, 1.54) is 49.1 Å². The van der Waals surface area contributed by atoms with Gasteiger partial charge in [-0.05, 0) is 43.6 Å². The average Bonchev–Trinajstić information content (AvgIpc) is 4.02. The number of hydrogen-bond donors (Lipinski definition) is 3. The van der Waals surface area contributed by atoms with Gasteiger partial charge in [-0.3, -0.25) is 48.2 Å². The second-order valence-corrected chi connectivity index (χ2v) is 14.4. The fourth-order valence-electron chi connectivity index (χ4n) is 5.99. The molecule has 68 heavy (non-hydrogen) atoms. The van der Waals surface area contributed by atoms with Crippen molar-refractivity contribution in [3.05, 3.63) is 127 Å². The topological polar surface area (TPSA) is 364 Å². The summed E-state index contributed by atoms with van der Waals surface area (Å²) in [5, 5.41) is 35.8. The summed E-state index contributed by atoms with van der Waals surface area (Å²) in [6.45, 7) is 3.13. The van der Waals surface area contributed by atoms with Crippen LogP contribution in [0.1, 0.15) is 128 Å². The first-order valence-corrected chi connectivity index (χ1v) is 20.8. The molecule has 7 rings (SSSR count). The number of azide groups is 1. The van der Waals surface area contributed by atoms with Gasteiger partial charge in [0.1, 0.15) is 40.6 Å². The van der Waals surface area contributed by atoms with Crippen LogP contribution in [-0.2, 0) is 36.8 Å². The lowest BCUT2D eigenvalue weighted by molar-refractivity contribution is -0.138. The minimum Gasteiger partial charge on any atom is -0.481 e. The van der Waals surface area contributed by atoms with Crippen molar-refractivity contribution < 1.29 is 76.8 Å². The van der Waals surface area contributed by atoms with E-state index in [9.17, 15) is 43.2 Å². The first-order valence-electron chi connectivity index (χ1n) is 19.7. The number of terminal acetylenes is 1. The molecule has 25 heteroatoms. The van der Waals surface area contributed by atoms with Gasteiger partial charge in [-0.15, -0.1) is 17.4 Å². The number of aliphatic carboxylic acids is 3. The van der Waals surface area contributed by atoms with E-state index in [1.807, 2.05) is 0 Å². The van der Waals surface area contributed by atoms with E-state index in [1.54, 1.807) is 12.3 Å². The molecule has 0 saturated carbocycles. The molecule has 0 aliphatic heterocycles. The lowest BCUT2D eigenvalue weighted by atomic mass is 9.90. The first kappa shape index (κ1) is 52.0. The lowest BCUT2D eigenvalue weighted by Gasteiger charge is -2.12. The zero-order valence-corrected chi connectivity index (χ0v) is 37.4. The number of esters is 2. The molecule has 0 bridgehead atoms. The number of alkyl halides is 1. The lowest BCUT2D eigenvalue weighted by Crippen LogP contribution is -2.23. The Labute approximate surface area is 391 Å². The molecule has 5 aromatic heterocycles. The average molecular weight is 1000 g/mol. The van der Waals surface area contributed by atoms with Crippen molar-refractivity contribution in [2.75, 3.05) is 25.1 Å². The van der Waals surface area contributed by atoms with Crippen molar-refractivity contribution in [3.8, 4) is 12.3 Å². The van der Waals surface area contributed by atoms with Crippen LogP contribution < -0.4 is 0 Å². The van der Waals surface area contributed by atoms with Crippen LogP contribution in [-0.4, -0.2) is 118 Å². The van der Waals surface area contributed by atoms with Crippen LogP contribution in [0, 0.1) is 26.2 Å². The molecule has 0 fully saturated rings. The molecule has 0 atom stereocenters. The molecular weight excluding hydrogens is 964 g/mol. The highest BCUT2D eigenvalue weighted by atomic mass is 79.9. The SMILES string of the molecule is C#CCCOC(=O)c1c(C)oc2c1C(=O)c1ncccc1C2=O.Cc1oc2c(c1C(=O)OCCc1cn(CCC(=O)O)nn1)C(=O)c1ncccc1C2=O.O=C(O)CCBr.[N-]=[N+]=NCCC(=O)O. The number of carboxylic acid groups (broad SMARTS) is 3. The second kappa shape index (κ2) is 24.6. The highest BCUT2D eigenvalue weighted by Gasteiger charge is 2.41. The number of rotatable bonds is 15. The zero-order chi connectivity index (χ0) is 50.1. The van der Waals surface area contributed by atoms with Gasteiger partial charge in [0.05, 0.1) is 60.4 Å². The highest BCUT2D eigenvalue weighted by molar-refractivity contribution is 9.09. The Balaban J connectivity index is 0.000000237. The molecule has 0 aromatic carbocycles. The molecule has 352 valence electrons. The number of carbonyl (C=O) groups is 9. The fourth-order valence-corrected chi connectivity index (χ4v) is 6.33. The Hall–Kier alpha value is -8.62. The van der Waals surface area contributed by atoms with E-state index in [0.29, 0.717) is 11.0 Å². The summed E-state index contributed by atoms with van der Waals surface area (Å²) in [7, 11) is 0. The molecule has 5 heterocycles. The van der Waals surface area contributed by atoms with Gasteiger partial charge >= 0.3 is 29.8 Å². The van der Waals surface area contributed by atoms with Gasteiger partial charge in [-0.1, -0.05) is 26.3 Å². The molecule has 0 amide bonds. The number of nitrogens with zero attached hydrogens (tertiary/aromatic N) is 8. The van der Waals surface area contributed by atoms with Crippen LogP contribution in [0.15, 0.2) is 56.8 Å². The maximum Gasteiger partial charge on any atom is 0.342 e. The Morgan fingerprint density at radius 3 is 1.74 bits per heavy atom. The van der Waals surface area contributed by atoms with E-state index < -0.39 is 53.0 Å². The van der Waals surface area contributed by atoms with Crippen molar-refractivity contribution in [2.24, 2.45) is 5.11 Å². The molecule has 3 N–H and O–H groups in total. The number of halogens is 1. The Morgan fingerprint density at radius 2 is 1.29 bits per heavy atom. The third-order valence-corrected chi connectivity index (χ3v) is 9.38. The van der Waals surface area contributed by atoms with E-state index in [-0.39, 0.29) is 126 Å². The summed E-state index contributed by atoms with van der Waals surface area (Å²) in [5.41, 5.74) is 8.02. The van der Waals surface area contributed by atoms with Crippen molar-refractivity contribution in [1.29, 1.82) is 0 Å². The van der Waals surface area contributed by atoms with Crippen LogP contribution >= 0.6 is 15.9 Å². The molecule has 0 unspecified atom stereocenters. The van der Waals surface area contributed by atoms with E-state index in [0.717, 1.165) is 0 Å². The largest absolute Gasteiger partial charge is 0.481 e. The number of aromatic nitrogens is 5. The minimum absolute atomic E-state index is 0.00322. The number of ether oxygens (including phenoxy) is 2. The predicted molar refractivity (Wildman–Crippen MR) is 231 cm³/mol. The van der Waals surface area contributed by atoms with E-state index >= 15 is 0 Å². The highest BCUT2D eigenvalue weighted by Crippen LogP contribution is 2.34. The number of furan rings is 2. The third kappa shape index (κ3) is 13.0. The summed E-state index contributed by atoms with van der Waals surface area (Å²) in [6, 6.07) is 6.07. The van der Waals surface area contributed by atoms with Gasteiger partial charge in [0.15, 0.2) is 11.5 Å². The number of hydrogen-bond acceptors (Lipinski definition) is 18. The van der Waals surface area contributed by atoms with Gasteiger partial charge < -0.3 is 33.6 Å². The van der Waals surface area contributed by atoms with Gasteiger partial charge in [0.2, 0.25) is 23.1 Å². The maximum absolute atomic E-state index is 12.9. The Kier molecular flexibility index (Phi) is 18.8. The van der Waals surface area contributed by atoms with Crippen molar-refractivity contribution in [1.82, 2.24) is 25.0 Å². The second-order valence-electron chi connectivity index (χ2n) is 13.6. The van der Waals surface area contributed by atoms with Crippen LogP contribution in [0.2, 0.25) is 0 Å². The van der Waals surface area contributed by atoms with Crippen molar-refractivity contribution in [3.63, 3.8) is 0 Å². The maximum atomic E-state index is 12.9. The normalized spacial score (nSPS) is 11.4. The smallest absolute Gasteiger partial charge is 0.342 e. The first-order chi connectivity index (χ1) is 32.5. The summed E-state index contributed by atoms with van der Waals surface area (Å²) < 4.78 is 22.5. The number of carboxylic acids is 3. The summed E-state index contributed by atoms with van der Waals surface area (Å²) >= 11 is 2.97. The standard InChI is InChI=1S/C20H16N4O7.C17H11NO5.C3H5BrO2.C3H5N3O2/c1-10-14(15-18(28)16-12(3-2-6-21-16)17(27)19(15)31-10)20(29)30-8-5-11-9-24(23-22-11)7-4-13(25)26;1-3-4-8-22-17(21)11-9(2)23-16-12(11)15(20)13-10(14(16)19)6-5-7-18-13;4-2-1-3(5)6;4-6-5-2-1-3(7)8/h2-3,6,9H,4-5,7-8H2,1H3,(H,25,26);1,5-7H,4,8H2,2H3;1-2H2,(H,5,6);1-2H2,(H,7,8). The zero-order valence-electron chi connectivity index (χ0n) is 35.8. The molecule has 5 aromatic rings. The quantitative estimate of drug-likeness (QED) is 0.0236. The Bertz CT molecular complexity index is 2880. The molecule has 2 aliphatic carbocycles. The number of fused-ring (bicyclic) bond motifs is 4. The molecule has 0 spiro atoms. The minimum atomic E-state index is -0.948. The fraction of sp³-hybridized carbons (Fsp3) is 0.279. The summed E-state index contributed by atoms with van der Waals surface area (Å²) in [5.74, 6) is -4.07. The Morgan fingerprint density at radius 1 is 0.794 bits per heavy atom. The number of carbonyl (C=O) groups excluding carboxylic acids is 6. The summed E-state index contributed by atoms with van der Waals surface area (Å²) in [6.07, 6.45) is 9.97. The van der Waals surface area contributed by atoms with Crippen LogP contribution in [0.3, 0.4) is 0 Å². The molecular formula is C43H37BrN8O16. The van der Waals surface area contributed by atoms with Crippen molar-refractivity contribution >= 4 is 68.9 Å². The van der Waals surface area contributed by atoms with Crippen molar-refractivity contribution in [2.45, 2.75) is 52.5 Å². The van der Waals surface area contributed by atoms with Gasteiger partial charge in [-0.25, -0.2) is 9.59 Å². The number of aryl methyl sites for hydroxylation is 3. The van der Waals surface area contributed by atoms with Crippen LogP contribution in [0.4, 0.5) is 0 Å². The van der Waals surface area contributed by atoms with Crippen LogP contribution in [0.5, 0.6) is 0 Å². The third-order valence-electron chi connectivity index (χ3n) is 8.99. The molecule has 2 aliphatic rings. The molecule has 0 radical (unpaired) electrons. The molecule has 24 nitrogen and oxygen atoms in total. The molecule has 0 saturated heterocycles. The summed E-state index contributed by atoms with van der Waals surface area (Å²) in [4.78, 5) is 116. The monoisotopic (exact) mass is 1000 g/mol. The van der Waals surface area contributed by atoms with Gasteiger partial charge in [-0.2, -0.15) is 0 Å². The van der Waals surface area contributed by atoms with Gasteiger partial charge in [0.25, 0.3) is 0 Å². The van der Waals surface area contributed by atoms with Crippen LogP contribution in [0.25, 0.3) is 10.4 Å². The van der Waals surface area contributed by atoms with Gasteiger partial charge in [0, 0.05) is 48.2 Å². The van der Waals surface area contributed by atoms with E-state index in [4.69, 9.17) is 45.6 Å². The number of ketones is 4. The van der Waals surface area contributed by atoms with E-state index in [2.05, 4.69) is 52.2 Å². The predicted octanol–water partition coefficient (Wildman–Crippen LogP) is 4.79. The number of pyridine rings is 2.